The summed E-state index contributed by atoms with van der Waals surface area (Å²) in [4.78, 5) is 6.26. The summed E-state index contributed by atoms with van der Waals surface area (Å²) in [5.41, 5.74) is 10.0. The number of hydrogen-bond acceptors (Lipinski definition) is 3. The fourth-order valence-corrected chi connectivity index (χ4v) is 9.25. The van der Waals surface area contributed by atoms with Crippen LogP contribution in [0.2, 0.25) is 0 Å². The summed E-state index contributed by atoms with van der Waals surface area (Å²) in [6, 6.07) is 47.6. The summed E-state index contributed by atoms with van der Waals surface area (Å²) in [5.74, 6) is 0.475. The standard InChI is InChI=1S/C40H29N3OS/c1-40(2)33-19-8-6-17-29(33)31-24-32-30-18-7-10-21-36(30)43(37(32)25-34(31)40)27-14-12-13-26(23-27)39-41-35-20-9-11-22-38(35)45(44,42-39)28-15-4-3-5-16-28/h3-25H,1-2H3. The lowest BCUT2D eigenvalue weighted by molar-refractivity contribution is 0.661. The number of fused-ring (bicyclic) bond motifs is 7. The van der Waals surface area contributed by atoms with E-state index in [2.05, 4.69) is 91.2 Å². The number of para-hydroxylation sites is 2. The zero-order valence-electron chi connectivity index (χ0n) is 24.9. The van der Waals surface area contributed by atoms with Gasteiger partial charge in [-0.2, -0.15) is 4.36 Å². The van der Waals surface area contributed by atoms with Crippen molar-refractivity contribution >= 4 is 43.1 Å². The second-order valence-electron chi connectivity index (χ2n) is 12.3. The van der Waals surface area contributed by atoms with Gasteiger partial charge in [0, 0.05) is 27.4 Å². The van der Waals surface area contributed by atoms with Crippen LogP contribution in [0.25, 0.3) is 38.6 Å². The number of hydrogen-bond donors (Lipinski definition) is 0. The van der Waals surface area contributed by atoms with E-state index < -0.39 is 9.73 Å². The average Bonchev–Trinajstić information content (AvgIpc) is 3.52. The van der Waals surface area contributed by atoms with Crippen molar-refractivity contribution in [3.63, 3.8) is 0 Å². The van der Waals surface area contributed by atoms with E-state index in [1.54, 1.807) is 0 Å². The van der Waals surface area contributed by atoms with E-state index in [9.17, 15) is 4.21 Å². The number of rotatable bonds is 3. The molecule has 0 fully saturated rings. The Morgan fingerprint density at radius 3 is 2.27 bits per heavy atom. The van der Waals surface area contributed by atoms with Gasteiger partial charge in [0.05, 0.1) is 26.5 Å². The maximum Gasteiger partial charge on any atom is 0.170 e. The van der Waals surface area contributed by atoms with Crippen LogP contribution >= 0.6 is 0 Å². The smallest absolute Gasteiger partial charge is 0.170 e. The van der Waals surface area contributed by atoms with Gasteiger partial charge < -0.3 is 4.57 Å². The molecule has 2 aliphatic rings. The van der Waals surface area contributed by atoms with Crippen LogP contribution in [0.5, 0.6) is 0 Å². The molecule has 1 aromatic heterocycles. The first-order valence-corrected chi connectivity index (χ1v) is 16.7. The summed E-state index contributed by atoms with van der Waals surface area (Å²) in [7, 11) is -2.92. The molecule has 45 heavy (non-hydrogen) atoms. The lowest BCUT2D eigenvalue weighted by Crippen LogP contribution is -2.15. The van der Waals surface area contributed by atoms with Crippen molar-refractivity contribution in [3.05, 3.63) is 156 Å². The fourth-order valence-electron chi connectivity index (χ4n) is 7.22. The third-order valence-electron chi connectivity index (χ3n) is 9.41. The molecule has 216 valence electrons. The minimum absolute atomic E-state index is 0.107. The molecule has 0 saturated heterocycles. The van der Waals surface area contributed by atoms with Crippen LogP contribution in [0, 0.1) is 0 Å². The Labute approximate surface area is 262 Å². The van der Waals surface area contributed by atoms with E-state index in [0.29, 0.717) is 21.3 Å². The van der Waals surface area contributed by atoms with Crippen LogP contribution in [-0.4, -0.2) is 14.6 Å². The van der Waals surface area contributed by atoms with Gasteiger partial charge >= 0.3 is 0 Å². The van der Waals surface area contributed by atoms with Crippen LogP contribution in [-0.2, 0) is 15.1 Å². The molecule has 7 aromatic rings. The minimum Gasteiger partial charge on any atom is -0.309 e. The molecule has 0 amide bonds. The lowest BCUT2D eigenvalue weighted by atomic mass is 9.82. The molecule has 2 heterocycles. The predicted octanol–water partition coefficient (Wildman–Crippen LogP) is 10.1. The van der Waals surface area contributed by atoms with Crippen molar-refractivity contribution in [2.75, 3.05) is 0 Å². The zero-order valence-corrected chi connectivity index (χ0v) is 25.8. The van der Waals surface area contributed by atoms with Crippen LogP contribution in [0.3, 0.4) is 0 Å². The molecule has 1 unspecified atom stereocenters. The maximum absolute atomic E-state index is 14.7. The van der Waals surface area contributed by atoms with Gasteiger partial charge in [-0.3, -0.25) is 0 Å². The molecule has 0 N–H and O–H groups in total. The Morgan fingerprint density at radius 2 is 1.38 bits per heavy atom. The average molecular weight is 600 g/mol. The fraction of sp³-hybridized carbons (Fsp3) is 0.0750. The molecule has 9 rings (SSSR count). The normalized spacial score (nSPS) is 17.8. The van der Waals surface area contributed by atoms with E-state index in [1.807, 2.05) is 66.7 Å². The van der Waals surface area contributed by atoms with Crippen LogP contribution in [0.1, 0.15) is 30.5 Å². The first-order chi connectivity index (χ1) is 21.9. The summed E-state index contributed by atoms with van der Waals surface area (Å²) in [6.45, 7) is 4.64. The van der Waals surface area contributed by atoms with Crippen molar-refractivity contribution < 1.29 is 4.21 Å². The van der Waals surface area contributed by atoms with Gasteiger partial charge in [0.25, 0.3) is 0 Å². The first-order valence-electron chi connectivity index (χ1n) is 15.2. The summed E-state index contributed by atoms with van der Waals surface area (Å²) in [5, 5.41) is 2.44. The highest BCUT2D eigenvalue weighted by atomic mass is 32.2. The van der Waals surface area contributed by atoms with Gasteiger partial charge in [-0.15, -0.1) is 0 Å². The third kappa shape index (κ3) is 3.71. The van der Waals surface area contributed by atoms with E-state index >= 15 is 0 Å². The van der Waals surface area contributed by atoms with Crippen LogP contribution in [0.4, 0.5) is 5.69 Å². The highest BCUT2D eigenvalue weighted by Crippen LogP contribution is 2.51. The highest BCUT2D eigenvalue weighted by Gasteiger charge is 2.36. The predicted molar refractivity (Wildman–Crippen MR) is 185 cm³/mol. The molecule has 4 nitrogen and oxygen atoms in total. The van der Waals surface area contributed by atoms with Gasteiger partial charge in [-0.05, 0) is 76.9 Å². The zero-order chi connectivity index (χ0) is 30.3. The molecular weight excluding hydrogens is 571 g/mol. The SMILES string of the molecule is CC1(C)c2ccccc2-c2cc3c4ccccc4n(-c4cccc(C5=Nc6ccccc6S(=O)(c6ccccc6)=N5)c4)c3cc21. The van der Waals surface area contributed by atoms with Gasteiger partial charge in [0.15, 0.2) is 5.84 Å². The Kier molecular flexibility index (Phi) is 5.45. The Balaban J connectivity index is 1.27. The van der Waals surface area contributed by atoms with Gasteiger partial charge in [-0.1, -0.05) is 98.8 Å². The molecular formula is C40H29N3OS. The number of aliphatic imine (C=N–C) groups is 1. The first kappa shape index (κ1) is 26.2. The Morgan fingerprint density at radius 1 is 0.622 bits per heavy atom. The molecule has 1 atom stereocenters. The molecule has 0 bridgehead atoms. The Bertz CT molecular complexity index is 2510. The summed E-state index contributed by atoms with van der Waals surface area (Å²) in [6.07, 6.45) is 0. The number of benzene rings is 6. The molecule has 1 aliphatic carbocycles. The quantitative estimate of drug-likeness (QED) is 0.199. The molecule has 6 aromatic carbocycles. The van der Waals surface area contributed by atoms with Gasteiger partial charge in [0.1, 0.15) is 9.73 Å². The monoisotopic (exact) mass is 599 g/mol. The van der Waals surface area contributed by atoms with E-state index in [4.69, 9.17) is 9.36 Å². The van der Waals surface area contributed by atoms with E-state index in [0.717, 1.165) is 22.3 Å². The molecule has 1 aliphatic heterocycles. The number of aromatic nitrogens is 1. The minimum atomic E-state index is -2.92. The van der Waals surface area contributed by atoms with Crippen molar-refractivity contribution in [2.24, 2.45) is 9.36 Å². The maximum atomic E-state index is 14.7. The molecule has 5 heteroatoms. The number of amidine groups is 1. The lowest BCUT2D eigenvalue weighted by Gasteiger charge is -2.21. The van der Waals surface area contributed by atoms with Crippen molar-refractivity contribution in [1.82, 2.24) is 4.57 Å². The molecule has 0 spiro atoms. The van der Waals surface area contributed by atoms with Crippen LogP contribution < -0.4 is 0 Å². The molecule has 0 radical (unpaired) electrons. The summed E-state index contributed by atoms with van der Waals surface area (Å²) >= 11 is 0. The van der Waals surface area contributed by atoms with Crippen molar-refractivity contribution in [1.29, 1.82) is 0 Å². The van der Waals surface area contributed by atoms with E-state index in [1.165, 1.54) is 33.0 Å². The third-order valence-corrected chi connectivity index (χ3v) is 11.7. The second-order valence-corrected chi connectivity index (χ2v) is 14.5. The Hall–Kier alpha value is -5.26. The van der Waals surface area contributed by atoms with Gasteiger partial charge in [-0.25, -0.2) is 9.20 Å². The van der Waals surface area contributed by atoms with Crippen molar-refractivity contribution in [3.8, 4) is 16.8 Å². The van der Waals surface area contributed by atoms with Crippen molar-refractivity contribution in [2.45, 2.75) is 29.1 Å². The summed E-state index contributed by atoms with van der Waals surface area (Å²) < 4.78 is 21.9. The topological polar surface area (TPSA) is 46.7 Å². The highest BCUT2D eigenvalue weighted by molar-refractivity contribution is 7.94. The second kappa shape index (κ2) is 9.37. The molecule has 0 saturated carbocycles. The van der Waals surface area contributed by atoms with Crippen LogP contribution in [0.15, 0.2) is 159 Å². The van der Waals surface area contributed by atoms with Gasteiger partial charge in [0.2, 0.25) is 0 Å². The van der Waals surface area contributed by atoms with E-state index in [-0.39, 0.29) is 5.41 Å². The largest absolute Gasteiger partial charge is 0.309 e. The number of nitrogens with zero attached hydrogens (tertiary/aromatic N) is 3.